The molecule has 0 aliphatic heterocycles. The predicted octanol–water partition coefficient (Wildman–Crippen LogP) is 5.26. The van der Waals surface area contributed by atoms with Gasteiger partial charge in [-0.15, -0.1) is 0 Å². The third kappa shape index (κ3) is 5.01. The van der Waals surface area contributed by atoms with Crippen molar-refractivity contribution in [3.05, 3.63) is 119 Å². The molecule has 0 radical (unpaired) electrons. The van der Waals surface area contributed by atoms with Gasteiger partial charge in [0.2, 0.25) is 0 Å². The number of hydrogen-bond donors (Lipinski definition) is 0. The normalized spacial score (nSPS) is 10.9. The molecule has 150 valence electrons. The van der Waals surface area contributed by atoms with Crippen molar-refractivity contribution in [2.75, 3.05) is 0 Å². The number of aryl methyl sites for hydroxylation is 4. The summed E-state index contributed by atoms with van der Waals surface area (Å²) < 4.78 is 4.47. The molecule has 4 aromatic rings. The Bertz CT molecular complexity index is 1020. The Morgan fingerprint density at radius 1 is 0.467 bits per heavy atom. The first-order valence-electron chi connectivity index (χ1n) is 10.6. The summed E-state index contributed by atoms with van der Waals surface area (Å²) in [4.78, 5) is 0. The van der Waals surface area contributed by atoms with Crippen LogP contribution in [0, 0.1) is 27.7 Å². The molecule has 0 aliphatic carbocycles. The molecule has 0 saturated carbocycles. The van der Waals surface area contributed by atoms with E-state index in [1.807, 2.05) is 0 Å². The van der Waals surface area contributed by atoms with E-state index in [1.54, 1.807) is 0 Å². The first kappa shape index (κ1) is 20.0. The van der Waals surface area contributed by atoms with Gasteiger partial charge in [0.15, 0.2) is 37.9 Å². The van der Waals surface area contributed by atoms with Crippen LogP contribution in [0.1, 0.15) is 33.4 Å². The van der Waals surface area contributed by atoms with Crippen LogP contribution < -0.4 is 9.13 Å². The van der Waals surface area contributed by atoms with Gasteiger partial charge >= 0.3 is 0 Å². The molecule has 0 atom stereocenters. The molecule has 30 heavy (non-hydrogen) atoms. The Kier molecular flexibility index (Phi) is 5.76. The predicted molar refractivity (Wildman–Crippen MR) is 122 cm³/mol. The molecule has 0 amide bonds. The molecule has 0 aliphatic rings. The Hall–Kier alpha value is -3.26. The molecular weight excluding hydrogens is 364 g/mol. The molecule has 0 fully saturated rings. The van der Waals surface area contributed by atoms with Crippen molar-refractivity contribution in [2.24, 2.45) is 0 Å². The standard InChI is InChI=1S/C28H30N2/c1-21-13-22(2)16-25(15-21)19-29-9-5-27(6-10-29)28-7-11-30(12-8-28)20-26-17-23(3)14-24(4)18-26/h5-18H,19-20H2,1-4H3/q+2. The van der Waals surface area contributed by atoms with Crippen LogP contribution in [0.2, 0.25) is 0 Å². The van der Waals surface area contributed by atoms with Crippen LogP contribution in [0.4, 0.5) is 0 Å². The molecule has 4 rings (SSSR count). The summed E-state index contributed by atoms with van der Waals surface area (Å²) in [7, 11) is 0. The Morgan fingerprint density at radius 2 is 0.767 bits per heavy atom. The lowest BCUT2D eigenvalue weighted by molar-refractivity contribution is -0.688. The number of aromatic nitrogens is 2. The third-order valence-electron chi connectivity index (χ3n) is 5.41. The van der Waals surface area contributed by atoms with E-state index >= 15 is 0 Å². The lowest BCUT2D eigenvalue weighted by Crippen LogP contribution is -2.33. The van der Waals surface area contributed by atoms with Gasteiger partial charge < -0.3 is 0 Å². The Labute approximate surface area is 180 Å². The number of hydrogen-bond acceptors (Lipinski definition) is 0. The molecular formula is C28H30N2+2. The van der Waals surface area contributed by atoms with Crippen LogP contribution in [-0.4, -0.2) is 0 Å². The average molecular weight is 395 g/mol. The molecule has 2 aromatic carbocycles. The molecule has 0 N–H and O–H groups in total. The molecule has 0 spiro atoms. The van der Waals surface area contributed by atoms with E-state index in [2.05, 4.69) is 122 Å². The van der Waals surface area contributed by atoms with Crippen LogP contribution in [0.5, 0.6) is 0 Å². The van der Waals surface area contributed by atoms with E-state index in [1.165, 1.54) is 44.5 Å². The first-order valence-corrected chi connectivity index (χ1v) is 10.6. The quantitative estimate of drug-likeness (QED) is 0.408. The highest BCUT2D eigenvalue weighted by atomic mass is 14.9. The minimum atomic E-state index is 0.896. The van der Waals surface area contributed by atoms with E-state index < -0.39 is 0 Å². The van der Waals surface area contributed by atoms with Gasteiger partial charge in [0.05, 0.1) is 0 Å². The van der Waals surface area contributed by atoms with Gasteiger partial charge in [0, 0.05) is 35.4 Å². The fourth-order valence-corrected chi connectivity index (χ4v) is 4.25. The van der Waals surface area contributed by atoms with Crippen LogP contribution in [0.3, 0.4) is 0 Å². The zero-order valence-corrected chi connectivity index (χ0v) is 18.4. The minimum absolute atomic E-state index is 0.896. The van der Waals surface area contributed by atoms with E-state index in [0.29, 0.717) is 0 Å². The molecule has 2 nitrogen and oxygen atoms in total. The highest BCUT2D eigenvalue weighted by Gasteiger charge is 2.08. The van der Waals surface area contributed by atoms with Gasteiger partial charge in [-0.1, -0.05) is 34.4 Å². The monoisotopic (exact) mass is 394 g/mol. The van der Waals surface area contributed by atoms with Crippen molar-refractivity contribution in [3.8, 4) is 11.1 Å². The second-order valence-electron chi connectivity index (χ2n) is 8.51. The van der Waals surface area contributed by atoms with Crippen molar-refractivity contribution in [1.82, 2.24) is 0 Å². The van der Waals surface area contributed by atoms with Gasteiger partial charge in [-0.25, -0.2) is 9.13 Å². The average Bonchev–Trinajstić information content (AvgIpc) is 2.68. The lowest BCUT2D eigenvalue weighted by Gasteiger charge is -2.05. The second kappa shape index (κ2) is 8.62. The number of pyridine rings is 2. The summed E-state index contributed by atoms with van der Waals surface area (Å²) in [5.41, 5.74) is 10.5. The summed E-state index contributed by atoms with van der Waals surface area (Å²) in [6.45, 7) is 10.4. The summed E-state index contributed by atoms with van der Waals surface area (Å²) in [5, 5.41) is 0. The zero-order chi connectivity index (χ0) is 21.1. The molecule has 2 aromatic heterocycles. The lowest BCUT2D eigenvalue weighted by atomic mass is 10.1. The topological polar surface area (TPSA) is 7.76 Å². The maximum atomic E-state index is 2.26. The van der Waals surface area contributed by atoms with Crippen LogP contribution in [0.15, 0.2) is 85.5 Å². The summed E-state index contributed by atoms with van der Waals surface area (Å²) in [5.74, 6) is 0. The minimum Gasteiger partial charge on any atom is -0.201 e. The van der Waals surface area contributed by atoms with Crippen molar-refractivity contribution < 1.29 is 9.13 Å². The van der Waals surface area contributed by atoms with Crippen LogP contribution >= 0.6 is 0 Å². The Morgan fingerprint density at radius 3 is 1.07 bits per heavy atom. The van der Waals surface area contributed by atoms with Crippen molar-refractivity contribution in [1.29, 1.82) is 0 Å². The molecule has 2 heterocycles. The highest BCUT2D eigenvalue weighted by Crippen LogP contribution is 2.16. The maximum absolute atomic E-state index is 2.26. The number of benzene rings is 2. The van der Waals surface area contributed by atoms with Crippen molar-refractivity contribution in [2.45, 2.75) is 40.8 Å². The summed E-state index contributed by atoms with van der Waals surface area (Å²) in [6.07, 6.45) is 8.68. The van der Waals surface area contributed by atoms with Gasteiger partial charge in [0.1, 0.15) is 0 Å². The Balaban J connectivity index is 1.46. The van der Waals surface area contributed by atoms with E-state index in [-0.39, 0.29) is 0 Å². The van der Waals surface area contributed by atoms with E-state index in [9.17, 15) is 0 Å². The van der Waals surface area contributed by atoms with Gasteiger partial charge in [-0.3, -0.25) is 0 Å². The molecule has 0 saturated heterocycles. The van der Waals surface area contributed by atoms with Crippen molar-refractivity contribution in [3.63, 3.8) is 0 Å². The van der Waals surface area contributed by atoms with Crippen LogP contribution in [-0.2, 0) is 13.1 Å². The zero-order valence-electron chi connectivity index (χ0n) is 18.4. The van der Waals surface area contributed by atoms with E-state index in [4.69, 9.17) is 0 Å². The third-order valence-corrected chi connectivity index (χ3v) is 5.41. The fraction of sp³-hybridized carbons (Fsp3) is 0.214. The maximum Gasteiger partial charge on any atom is 0.173 e. The number of nitrogens with zero attached hydrogens (tertiary/aromatic N) is 2. The summed E-state index contributed by atoms with van der Waals surface area (Å²) in [6, 6.07) is 22.3. The largest absolute Gasteiger partial charge is 0.201 e. The van der Waals surface area contributed by atoms with Gasteiger partial charge in [0.25, 0.3) is 0 Å². The molecule has 0 bridgehead atoms. The smallest absolute Gasteiger partial charge is 0.173 e. The van der Waals surface area contributed by atoms with Gasteiger partial charge in [-0.2, -0.15) is 0 Å². The fourth-order valence-electron chi connectivity index (χ4n) is 4.25. The highest BCUT2D eigenvalue weighted by molar-refractivity contribution is 5.60. The van der Waals surface area contributed by atoms with Crippen molar-refractivity contribution >= 4 is 0 Å². The molecule has 0 unspecified atom stereocenters. The van der Waals surface area contributed by atoms with Crippen LogP contribution in [0.25, 0.3) is 11.1 Å². The first-order chi connectivity index (χ1) is 14.4. The number of rotatable bonds is 5. The van der Waals surface area contributed by atoms with E-state index in [0.717, 1.165) is 13.1 Å². The summed E-state index contributed by atoms with van der Waals surface area (Å²) >= 11 is 0. The van der Waals surface area contributed by atoms with Gasteiger partial charge in [-0.05, 0) is 63.1 Å². The molecule has 2 heteroatoms. The second-order valence-corrected chi connectivity index (χ2v) is 8.51. The SMILES string of the molecule is Cc1cc(C)cc(C[n+]2ccc(-c3cc[n+](Cc4cc(C)cc(C)c4)cc3)cc2)c1.